The topological polar surface area (TPSA) is 67.4 Å². The summed E-state index contributed by atoms with van der Waals surface area (Å²) in [5.41, 5.74) is 2.69. The lowest BCUT2D eigenvalue weighted by Crippen LogP contribution is -2.41. The van der Waals surface area contributed by atoms with E-state index in [2.05, 4.69) is 31.4 Å². The fourth-order valence-electron chi connectivity index (χ4n) is 3.65. The molecule has 0 bridgehead atoms. The number of ether oxygens (including phenoxy) is 1. The molecule has 2 N–H and O–H groups in total. The van der Waals surface area contributed by atoms with Crippen LogP contribution in [0.5, 0.6) is 0 Å². The largest absolute Gasteiger partial charge is 0.373 e. The van der Waals surface area contributed by atoms with Gasteiger partial charge in [0.15, 0.2) is 0 Å². The van der Waals surface area contributed by atoms with E-state index in [1.807, 2.05) is 24.3 Å². The Balaban J connectivity index is 1.42. The van der Waals surface area contributed by atoms with Gasteiger partial charge in [0, 0.05) is 31.2 Å². The number of amides is 2. The Bertz CT molecular complexity index is 888. The molecule has 1 heterocycles. The molecule has 166 valence electrons. The van der Waals surface area contributed by atoms with E-state index in [1.165, 1.54) is 17.7 Å². The van der Waals surface area contributed by atoms with Gasteiger partial charge in [-0.25, -0.2) is 4.39 Å². The van der Waals surface area contributed by atoms with Gasteiger partial charge in [0.25, 0.3) is 5.91 Å². The van der Waals surface area contributed by atoms with Gasteiger partial charge >= 0.3 is 0 Å². The highest BCUT2D eigenvalue weighted by Crippen LogP contribution is 2.28. The third kappa shape index (κ3) is 6.62. The average Bonchev–Trinajstić information content (AvgIpc) is 2.74. The van der Waals surface area contributed by atoms with Crippen molar-refractivity contribution < 1.29 is 18.7 Å². The maximum atomic E-state index is 13.1. The fraction of sp³-hybridized carbons (Fsp3) is 0.440. The lowest BCUT2D eigenvalue weighted by atomic mass is 9.87. The second kappa shape index (κ2) is 10.1. The Morgan fingerprint density at radius 1 is 1.06 bits per heavy atom. The van der Waals surface area contributed by atoms with Gasteiger partial charge in [-0.15, -0.1) is 0 Å². The van der Waals surface area contributed by atoms with Gasteiger partial charge in [-0.05, 0) is 53.6 Å². The van der Waals surface area contributed by atoms with Crippen LogP contribution < -0.4 is 10.6 Å². The second-order valence-electron chi connectivity index (χ2n) is 9.03. The van der Waals surface area contributed by atoms with Gasteiger partial charge < -0.3 is 15.4 Å². The fourth-order valence-corrected chi connectivity index (χ4v) is 3.65. The molecule has 1 aliphatic rings. The van der Waals surface area contributed by atoms with Crippen LogP contribution in [0.25, 0.3) is 0 Å². The molecule has 1 saturated heterocycles. The number of nitrogens with one attached hydrogen (secondary N) is 2. The Hall–Kier alpha value is -2.73. The van der Waals surface area contributed by atoms with E-state index in [0.29, 0.717) is 18.6 Å². The normalized spacial score (nSPS) is 19.0. The van der Waals surface area contributed by atoms with Crippen LogP contribution in [0.1, 0.15) is 67.6 Å². The van der Waals surface area contributed by atoms with E-state index < -0.39 is 0 Å². The molecule has 2 aromatic carbocycles. The molecule has 31 heavy (non-hydrogen) atoms. The van der Waals surface area contributed by atoms with Crippen LogP contribution in [0.2, 0.25) is 0 Å². The summed E-state index contributed by atoms with van der Waals surface area (Å²) in [5.74, 6) is -0.569. The van der Waals surface area contributed by atoms with E-state index in [1.54, 1.807) is 12.1 Å². The van der Waals surface area contributed by atoms with Crippen LogP contribution >= 0.6 is 0 Å². The first kappa shape index (κ1) is 22.9. The van der Waals surface area contributed by atoms with Gasteiger partial charge in [0.05, 0.1) is 6.10 Å². The Morgan fingerprint density at radius 2 is 1.74 bits per heavy atom. The molecule has 0 saturated carbocycles. The molecule has 0 radical (unpaired) electrons. The van der Waals surface area contributed by atoms with Gasteiger partial charge in [-0.1, -0.05) is 45.0 Å². The highest BCUT2D eigenvalue weighted by atomic mass is 19.1. The summed E-state index contributed by atoms with van der Waals surface area (Å²) in [4.78, 5) is 24.6. The Labute approximate surface area is 183 Å². The summed E-state index contributed by atoms with van der Waals surface area (Å²) in [5, 5.41) is 5.83. The molecule has 2 amide bonds. The first-order chi connectivity index (χ1) is 14.7. The Morgan fingerprint density at radius 3 is 2.39 bits per heavy atom. The van der Waals surface area contributed by atoms with Crippen molar-refractivity contribution in [1.82, 2.24) is 10.6 Å². The molecule has 2 atom stereocenters. The maximum Gasteiger partial charge on any atom is 0.251 e. The van der Waals surface area contributed by atoms with Gasteiger partial charge in [-0.3, -0.25) is 9.59 Å². The minimum Gasteiger partial charge on any atom is -0.373 e. The van der Waals surface area contributed by atoms with Crippen molar-refractivity contribution in [2.24, 2.45) is 0 Å². The summed E-state index contributed by atoms with van der Waals surface area (Å²) < 4.78 is 18.9. The third-order valence-electron chi connectivity index (χ3n) is 5.54. The van der Waals surface area contributed by atoms with Crippen LogP contribution in [-0.4, -0.2) is 31.0 Å². The maximum absolute atomic E-state index is 13.1. The van der Waals surface area contributed by atoms with E-state index in [0.717, 1.165) is 12.0 Å². The molecular formula is C25H31FN2O3. The summed E-state index contributed by atoms with van der Waals surface area (Å²) in [6.45, 7) is 7.19. The zero-order valence-electron chi connectivity index (χ0n) is 18.4. The molecule has 6 heteroatoms. The molecule has 0 unspecified atom stereocenters. The monoisotopic (exact) mass is 426 g/mol. The van der Waals surface area contributed by atoms with E-state index in [4.69, 9.17) is 4.74 Å². The standard InChI is InChI=1S/C25H31FN2O3/c1-25(2,3)19-8-4-18(5-9-19)24(30)27-14-12-23(29)28-21-13-15-31-22(16-21)17-6-10-20(26)11-7-17/h4-11,21-22H,12-16H2,1-3H3,(H,27,30)(H,28,29)/t21-,22-/m1/s1. The Kier molecular flexibility index (Phi) is 7.44. The van der Waals surface area contributed by atoms with Crippen LogP contribution in [0.15, 0.2) is 48.5 Å². The number of halogens is 1. The van der Waals surface area contributed by atoms with Crippen molar-refractivity contribution in [1.29, 1.82) is 0 Å². The summed E-state index contributed by atoms with van der Waals surface area (Å²) in [6, 6.07) is 13.8. The van der Waals surface area contributed by atoms with Crippen LogP contribution in [-0.2, 0) is 14.9 Å². The molecule has 0 spiro atoms. The number of hydrogen-bond donors (Lipinski definition) is 2. The SMILES string of the molecule is CC(C)(C)c1ccc(C(=O)NCCC(=O)N[C@@H]2CCO[C@@H](c3ccc(F)cc3)C2)cc1. The van der Waals surface area contributed by atoms with Crippen LogP contribution in [0.3, 0.4) is 0 Å². The lowest BCUT2D eigenvalue weighted by molar-refractivity contribution is -0.122. The number of benzene rings is 2. The quantitative estimate of drug-likeness (QED) is 0.725. The zero-order chi connectivity index (χ0) is 22.4. The molecular weight excluding hydrogens is 395 g/mol. The molecule has 3 rings (SSSR count). The predicted molar refractivity (Wildman–Crippen MR) is 118 cm³/mol. The van der Waals surface area contributed by atoms with E-state index in [9.17, 15) is 14.0 Å². The summed E-state index contributed by atoms with van der Waals surface area (Å²) in [6.07, 6.45) is 1.43. The first-order valence-corrected chi connectivity index (χ1v) is 10.8. The second-order valence-corrected chi connectivity index (χ2v) is 9.03. The molecule has 0 aliphatic carbocycles. The van der Waals surface area contributed by atoms with Crippen molar-refractivity contribution in [3.63, 3.8) is 0 Å². The minimum absolute atomic E-state index is 0.00283. The number of hydrogen-bond acceptors (Lipinski definition) is 3. The van der Waals surface area contributed by atoms with Crippen LogP contribution in [0.4, 0.5) is 4.39 Å². The highest BCUT2D eigenvalue weighted by molar-refractivity contribution is 5.94. The molecule has 2 aromatic rings. The molecule has 0 aromatic heterocycles. The van der Waals surface area contributed by atoms with Gasteiger partial charge in [0.2, 0.25) is 5.91 Å². The predicted octanol–water partition coefficient (Wildman–Crippen LogP) is 4.28. The molecule has 1 aliphatic heterocycles. The third-order valence-corrected chi connectivity index (χ3v) is 5.54. The van der Waals surface area contributed by atoms with Gasteiger partial charge in [-0.2, -0.15) is 0 Å². The zero-order valence-corrected chi connectivity index (χ0v) is 18.4. The van der Waals surface area contributed by atoms with E-state index >= 15 is 0 Å². The highest BCUT2D eigenvalue weighted by Gasteiger charge is 2.25. The smallest absolute Gasteiger partial charge is 0.251 e. The van der Waals surface area contributed by atoms with Crippen LogP contribution in [0, 0.1) is 5.82 Å². The van der Waals surface area contributed by atoms with Crippen molar-refractivity contribution in [3.8, 4) is 0 Å². The lowest BCUT2D eigenvalue weighted by Gasteiger charge is -2.30. The first-order valence-electron chi connectivity index (χ1n) is 10.8. The van der Waals surface area contributed by atoms with Crippen molar-refractivity contribution in [2.45, 2.75) is 57.6 Å². The minimum atomic E-state index is -0.281. The van der Waals surface area contributed by atoms with Crippen molar-refractivity contribution >= 4 is 11.8 Å². The summed E-state index contributed by atoms with van der Waals surface area (Å²) in [7, 11) is 0. The summed E-state index contributed by atoms with van der Waals surface area (Å²) >= 11 is 0. The number of rotatable bonds is 6. The van der Waals surface area contributed by atoms with Crippen molar-refractivity contribution in [3.05, 3.63) is 71.0 Å². The van der Waals surface area contributed by atoms with E-state index in [-0.39, 0.29) is 48.2 Å². The average molecular weight is 427 g/mol. The number of carbonyl (C=O) groups excluding carboxylic acids is 2. The molecule has 1 fully saturated rings. The van der Waals surface area contributed by atoms with Gasteiger partial charge in [0.1, 0.15) is 5.82 Å². The molecule has 5 nitrogen and oxygen atoms in total. The number of carbonyl (C=O) groups is 2. The van der Waals surface area contributed by atoms with Crippen molar-refractivity contribution in [2.75, 3.05) is 13.2 Å².